The minimum atomic E-state index is 0.779. The molecule has 2 aromatic rings. The zero-order valence-corrected chi connectivity index (χ0v) is 16.4. The van der Waals surface area contributed by atoms with E-state index in [1.165, 1.54) is 55.6 Å². The van der Waals surface area contributed by atoms with Crippen LogP contribution in [0, 0.1) is 6.92 Å². The first-order valence-corrected chi connectivity index (χ1v) is 9.86. The van der Waals surface area contributed by atoms with E-state index in [1.54, 1.807) is 7.11 Å². The number of hydrogen-bond acceptors (Lipinski definition) is 4. The molecular formula is C21H32N4O. The Hall–Kier alpha value is -2.01. The SMILES string of the molecule is CCCCn1nc(NCc2ccc(OC)c(CN3CCCC3)c2)cc1C. The van der Waals surface area contributed by atoms with Crippen LogP contribution in [0.2, 0.25) is 0 Å². The number of aryl methyl sites for hydroxylation is 2. The number of rotatable bonds is 9. The van der Waals surface area contributed by atoms with Crippen LogP contribution in [-0.2, 0) is 19.6 Å². The van der Waals surface area contributed by atoms with Gasteiger partial charge in [-0.25, -0.2) is 0 Å². The molecule has 0 radical (unpaired) electrons. The summed E-state index contributed by atoms with van der Waals surface area (Å²) in [7, 11) is 1.76. The molecule has 0 unspecified atom stereocenters. The maximum atomic E-state index is 5.57. The lowest BCUT2D eigenvalue weighted by Crippen LogP contribution is -2.19. The number of methoxy groups -OCH3 is 1. The summed E-state index contributed by atoms with van der Waals surface area (Å²) in [5, 5.41) is 8.14. The Balaban J connectivity index is 1.64. The van der Waals surface area contributed by atoms with Crippen LogP contribution in [0.15, 0.2) is 24.3 Å². The number of likely N-dealkylation sites (tertiary alicyclic amines) is 1. The number of nitrogens with one attached hydrogen (secondary N) is 1. The van der Waals surface area contributed by atoms with Gasteiger partial charge in [-0.05, 0) is 57.0 Å². The fraction of sp³-hybridized carbons (Fsp3) is 0.571. The van der Waals surface area contributed by atoms with Crippen molar-refractivity contribution in [2.45, 2.75) is 59.2 Å². The third kappa shape index (κ3) is 4.79. The van der Waals surface area contributed by atoms with Gasteiger partial charge >= 0.3 is 0 Å². The standard InChI is InChI=1S/C21H32N4O/c1-4-5-12-25-17(2)13-21(23-25)22-15-18-8-9-20(26-3)19(14-18)16-24-10-6-7-11-24/h8-9,13-14H,4-7,10-12,15-16H2,1-3H3,(H,22,23). The fourth-order valence-corrected chi connectivity index (χ4v) is 3.57. The van der Waals surface area contributed by atoms with Crippen molar-refractivity contribution in [2.24, 2.45) is 0 Å². The third-order valence-corrected chi connectivity index (χ3v) is 5.12. The average molecular weight is 357 g/mol. The fourth-order valence-electron chi connectivity index (χ4n) is 3.57. The van der Waals surface area contributed by atoms with Gasteiger partial charge in [0.15, 0.2) is 0 Å². The first kappa shape index (κ1) is 18.8. The summed E-state index contributed by atoms with van der Waals surface area (Å²) in [5.41, 5.74) is 3.75. The molecule has 0 bridgehead atoms. The maximum absolute atomic E-state index is 5.57. The topological polar surface area (TPSA) is 42.3 Å². The summed E-state index contributed by atoms with van der Waals surface area (Å²) >= 11 is 0. The quantitative estimate of drug-likeness (QED) is 0.731. The van der Waals surface area contributed by atoms with Gasteiger partial charge in [0.25, 0.3) is 0 Å². The molecule has 1 aliphatic rings. The van der Waals surface area contributed by atoms with Crippen molar-refractivity contribution in [3.05, 3.63) is 41.1 Å². The van der Waals surface area contributed by atoms with Gasteiger partial charge in [-0.3, -0.25) is 9.58 Å². The molecule has 1 saturated heterocycles. The van der Waals surface area contributed by atoms with Crippen molar-refractivity contribution >= 4 is 5.82 Å². The van der Waals surface area contributed by atoms with E-state index in [2.05, 4.69) is 58.1 Å². The minimum absolute atomic E-state index is 0.779. The molecule has 2 heterocycles. The highest BCUT2D eigenvalue weighted by atomic mass is 16.5. The van der Waals surface area contributed by atoms with Gasteiger partial charge < -0.3 is 10.1 Å². The van der Waals surface area contributed by atoms with Crippen LogP contribution >= 0.6 is 0 Å². The molecule has 0 spiro atoms. The molecule has 1 aromatic heterocycles. The van der Waals surface area contributed by atoms with Crippen LogP contribution < -0.4 is 10.1 Å². The van der Waals surface area contributed by atoms with Crippen LogP contribution in [0.3, 0.4) is 0 Å². The Morgan fingerprint density at radius 3 is 2.73 bits per heavy atom. The lowest BCUT2D eigenvalue weighted by atomic mass is 10.1. The summed E-state index contributed by atoms with van der Waals surface area (Å²) in [5.74, 6) is 1.94. The second-order valence-electron chi connectivity index (χ2n) is 7.23. The second kappa shape index (κ2) is 9.08. The second-order valence-corrected chi connectivity index (χ2v) is 7.23. The van der Waals surface area contributed by atoms with E-state index in [9.17, 15) is 0 Å². The molecule has 26 heavy (non-hydrogen) atoms. The summed E-state index contributed by atoms with van der Waals surface area (Å²) in [4.78, 5) is 2.51. The summed E-state index contributed by atoms with van der Waals surface area (Å²) < 4.78 is 7.66. The number of ether oxygens (including phenoxy) is 1. The molecule has 0 amide bonds. The molecule has 5 heteroatoms. The Kier molecular flexibility index (Phi) is 6.56. The van der Waals surface area contributed by atoms with Crippen molar-refractivity contribution in [3.8, 4) is 5.75 Å². The van der Waals surface area contributed by atoms with Gasteiger partial charge in [-0.2, -0.15) is 5.10 Å². The Morgan fingerprint density at radius 2 is 2.00 bits per heavy atom. The summed E-state index contributed by atoms with van der Waals surface area (Å²) in [6, 6.07) is 8.63. The van der Waals surface area contributed by atoms with Crippen LogP contribution in [0.25, 0.3) is 0 Å². The molecule has 0 saturated carbocycles. The van der Waals surface area contributed by atoms with Crippen LogP contribution in [0.5, 0.6) is 5.75 Å². The van der Waals surface area contributed by atoms with Gasteiger partial charge in [-0.15, -0.1) is 0 Å². The molecule has 0 aliphatic carbocycles. The first-order valence-electron chi connectivity index (χ1n) is 9.86. The predicted molar refractivity (Wildman–Crippen MR) is 107 cm³/mol. The molecule has 1 aliphatic heterocycles. The first-order chi connectivity index (χ1) is 12.7. The molecule has 0 atom stereocenters. The highest BCUT2D eigenvalue weighted by molar-refractivity contribution is 5.41. The molecular weight excluding hydrogens is 324 g/mol. The lowest BCUT2D eigenvalue weighted by Gasteiger charge is -2.18. The van der Waals surface area contributed by atoms with Crippen molar-refractivity contribution < 1.29 is 4.74 Å². The van der Waals surface area contributed by atoms with Gasteiger partial charge in [0.1, 0.15) is 11.6 Å². The smallest absolute Gasteiger partial charge is 0.148 e. The summed E-state index contributed by atoms with van der Waals surface area (Å²) in [6.07, 6.45) is 4.97. The van der Waals surface area contributed by atoms with Crippen molar-refractivity contribution in [2.75, 3.05) is 25.5 Å². The average Bonchev–Trinajstić information content (AvgIpc) is 3.28. The number of nitrogens with zero attached hydrogens (tertiary/aromatic N) is 3. The van der Waals surface area contributed by atoms with Gasteiger partial charge in [0, 0.05) is 37.0 Å². The van der Waals surface area contributed by atoms with Gasteiger partial charge in [0.2, 0.25) is 0 Å². The number of unbranched alkanes of at least 4 members (excludes halogenated alkanes) is 1. The molecule has 142 valence electrons. The van der Waals surface area contributed by atoms with Crippen LogP contribution in [0.1, 0.15) is 49.4 Å². The number of benzene rings is 1. The Morgan fingerprint density at radius 1 is 1.19 bits per heavy atom. The van der Waals surface area contributed by atoms with Crippen molar-refractivity contribution in [1.82, 2.24) is 14.7 Å². The van der Waals surface area contributed by atoms with E-state index >= 15 is 0 Å². The zero-order valence-electron chi connectivity index (χ0n) is 16.4. The highest BCUT2D eigenvalue weighted by Crippen LogP contribution is 2.24. The van der Waals surface area contributed by atoms with Gasteiger partial charge in [-0.1, -0.05) is 19.4 Å². The maximum Gasteiger partial charge on any atom is 0.148 e. The number of hydrogen-bond donors (Lipinski definition) is 1. The summed E-state index contributed by atoms with van der Waals surface area (Å²) in [6.45, 7) is 9.46. The van der Waals surface area contributed by atoms with E-state index in [-0.39, 0.29) is 0 Å². The van der Waals surface area contributed by atoms with Crippen molar-refractivity contribution in [3.63, 3.8) is 0 Å². The molecule has 1 aromatic carbocycles. The van der Waals surface area contributed by atoms with Crippen molar-refractivity contribution in [1.29, 1.82) is 0 Å². The number of aromatic nitrogens is 2. The predicted octanol–water partition coefficient (Wildman–Crippen LogP) is 4.21. The highest BCUT2D eigenvalue weighted by Gasteiger charge is 2.14. The van der Waals surface area contributed by atoms with E-state index < -0.39 is 0 Å². The van der Waals surface area contributed by atoms with Crippen LogP contribution in [-0.4, -0.2) is 34.9 Å². The molecule has 3 rings (SSSR count). The molecule has 5 nitrogen and oxygen atoms in total. The third-order valence-electron chi connectivity index (χ3n) is 5.12. The Labute approximate surface area is 157 Å². The zero-order chi connectivity index (χ0) is 18.4. The normalized spacial score (nSPS) is 14.7. The Bertz CT molecular complexity index is 704. The molecule has 1 N–H and O–H groups in total. The van der Waals surface area contributed by atoms with Crippen LogP contribution in [0.4, 0.5) is 5.82 Å². The van der Waals surface area contributed by atoms with E-state index in [1.807, 2.05) is 0 Å². The minimum Gasteiger partial charge on any atom is -0.496 e. The van der Waals surface area contributed by atoms with E-state index in [0.717, 1.165) is 31.2 Å². The van der Waals surface area contributed by atoms with E-state index in [4.69, 9.17) is 4.74 Å². The monoisotopic (exact) mass is 356 g/mol. The van der Waals surface area contributed by atoms with E-state index in [0.29, 0.717) is 0 Å². The van der Waals surface area contributed by atoms with Gasteiger partial charge in [0.05, 0.1) is 7.11 Å². The largest absolute Gasteiger partial charge is 0.496 e. The lowest BCUT2D eigenvalue weighted by molar-refractivity contribution is 0.321. The number of anilines is 1. The molecule has 1 fully saturated rings.